The fourth-order valence-corrected chi connectivity index (χ4v) is 4.81. The molecule has 35 heavy (non-hydrogen) atoms. The molecule has 1 saturated carbocycles. The number of halogens is 3. The number of alkyl halides is 3. The molecular weight excluding hydrogens is 453 g/mol. The molecule has 5 nitrogen and oxygen atoms in total. The van der Waals surface area contributed by atoms with E-state index in [1.54, 1.807) is 4.57 Å². The SMILES string of the molecule is CCc1nc(-c2ccc(C(F)(F)F)cc2)[nH]c1C.Cn1c(=O)n(C2CCCCC2)c2ccccc21. The Morgan fingerprint density at radius 2 is 1.63 bits per heavy atom. The third kappa shape index (κ3) is 5.21. The number of H-pyrrole nitrogens is 1. The Kier molecular flexibility index (Phi) is 7.19. The lowest BCUT2D eigenvalue weighted by Gasteiger charge is -2.22. The van der Waals surface area contributed by atoms with Crippen molar-refractivity contribution < 1.29 is 13.2 Å². The first-order chi connectivity index (χ1) is 16.7. The fourth-order valence-electron chi connectivity index (χ4n) is 4.81. The molecule has 186 valence electrons. The molecule has 2 heterocycles. The number of imidazole rings is 2. The Bertz CT molecular complexity index is 1340. The minimum absolute atomic E-state index is 0.137. The molecule has 0 aliphatic heterocycles. The van der Waals surface area contributed by atoms with Crippen LogP contribution in [0.5, 0.6) is 0 Å². The van der Waals surface area contributed by atoms with Crippen LogP contribution in [0.25, 0.3) is 22.4 Å². The molecule has 0 radical (unpaired) electrons. The van der Waals surface area contributed by atoms with Crippen LogP contribution in [0.1, 0.15) is 62.0 Å². The summed E-state index contributed by atoms with van der Waals surface area (Å²) in [5.74, 6) is 0.609. The molecule has 1 aliphatic carbocycles. The zero-order valence-corrected chi connectivity index (χ0v) is 20.3. The van der Waals surface area contributed by atoms with Crippen LogP contribution in [-0.2, 0) is 19.6 Å². The molecule has 1 N–H and O–H groups in total. The van der Waals surface area contributed by atoms with Crippen molar-refractivity contribution >= 4 is 11.0 Å². The average Bonchev–Trinajstić information content (AvgIpc) is 3.36. The second-order valence-corrected chi connectivity index (χ2v) is 9.08. The first kappa shape index (κ1) is 24.8. The number of benzene rings is 2. The molecular formula is C27H31F3N4O. The van der Waals surface area contributed by atoms with Gasteiger partial charge in [-0.05, 0) is 50.5 Å². The van der Waals surface area contributed by atoms with Crippen molar-refractivity contribution in [3.63, 3.8) is 0 Å². The molecule has 0 amide bonds. The number of rotatable bonds is 3. The lowest BCUT2D eigenvalue weighted by molar-refractivity contribution is -0.137. The lowest BCUT2D eigenvalue weighted by Crippen LogP contribution is -2.27. The van der Waals surface area contributed by atoms with E-state index in [1.165, 1.54) is 31.4 Å². The summed E-state index contributed by atoms with van der Waals surface area (Å²) < 4.78 is 41.0. The molecule has 1 fully saturated rings. The topological polar surface area (TPSA) is 55.6 Å². The first-order valence-corrected chi connectivity index (χ1v) is 12.1. The van der Waals surface area contributed by atoms with Crippen molar-refractivity contribution in [1.29, 1.82) is 0 Å². The van der Waals surface area contributed by atoms with Gasteiger partial charge in [-0.15, -0.1) is 0 Å². The monoisotopic (exact) mass is 484 g/mol. The minimum atomic E-state index is -4.30. The number of hydrogen-bond acceptors (Lipinski definition) is 2. The summed E-state index contributed by atoms with van der Waals surface area (Å²) in [6.07, 6.45) is 2.60. The van der Waals surface area contributed by atoms with Crippen LogP contribution in [0, 0.1) is 6.92 Å². The Morgan fingerprint density at radius 1 is 1.00 bits per heavy atom. The maximum atomic E-state index is 12.4. The summed E-state index contributed by atoms with van der Waals surface area (Å²) >= 11 is 0. The highest BCUT2D eigenvalue weighted by Crippen LogP contribution is 2.31. The molecule has 0 unspecified atom stereocenters. The van der Waals surface area contributed by atoms with E-state index in [1.807, 2.05) is 43.7 Å². The third-order valence-electron chi connectivity index (χ3n) is 6.74. The lowest BCUT2D eigenvalue weighted by atomic mass is 9.95. The number of aromatic nitrogens is 4. The van der Waals surface area contributed by atoms with Crippen LogP contribution in [0.2, 0.25) is 0 Å². The van der Waals surface area contributed by atoms with Crippen molar-refractivity contribution in [2.45, 2.75) is 64.6 Å². The van der Waals surface area contributed by atoms with Gasteiger partial charge in [0.1, 0.15) is 5.82 Å². The summed E-state index contributed by atoms with van der Waals surface area (Å²) in [5.41, 5.74) is 4.17. The summed E-state index contributed by atoms with van der Waals surface area (Å²) in [7, 11) is 1.87. The molecule has 0 spiro atoms. The average molecular weight is 485 g/mol. The standard InChI is InChI=1S/C14H18N2O.C13H13F3N2/c1-15-12-9-5-6-10-13(12)16(14(15)17)11-7-3-2-4-8-11;1-3-11-8(2)17-12(18-11)9-4-6-10(7-5-9)13(14,15)16/h5-6,9-11H,2-4,7-8H2,1H3;4-7H,3H2,1-2H3,(H,17,18). The summed E-state index contributed by atoms with van der Waals surface area (Å²) in [6, 6.07) is 13.5. The maximum absolute atomic E-state index is 12.4. The molecule has 1 aliphatic rings. The first-order valence-electron chi connectivity index (χ1n) is 12.1. The van der Waals surface area contributed by atoms with Crippen LogP contribution in [-0.4, -0.2) is 19.1 Å². The molecule has 4 aromatic rings. The van der Waals surface area contributed by atoms with Gasteiger partial charge in [0.25, 0.3) is 0 Å². The van der Waals surface area contributed by atoms with E-state index < -0.39 is 11.7 Å². The zero-order chi connectivity index (χ0) is 25.2. The maximum Gasteiger partial charge on any atom is 0.416 e. The highest BCUT2D eigenvalue weighted by Gasteiger charge is 2.30. The van der Waals surface area contributed by atoms with E-state index in [-0.39, 0.29) is 5.69 Å². The number of nitrogens with zero attached hydrogens (tertiary/aromatic N) is 3. The normalized spacial score (nSPS) is 14.7. The van der Waals surface area contributed by atoms with Crippen LogP contribution in [0.15, 0.2) is 53.3 Å². The Balaban J connectivity index is 0.000000165. The molecule has 2 aromatic heterocycles. The Labute approximate surface area is 202 Å². The Morgan fingerprint density at radius 3 is 2.20 bits per heavy atom. The number of fused-ring (bicyclic) bond motifs is 1. The van der Waals surface area contributed by atoms with Crippen molar-refractivity contribution in [2.24, 2.45) is 7.05 Å². The predicted octanol–water partition coefficient (Wildman–Crippen LogP) is 6.81. The highest BCUT2D eigenvalue weighted by molar-refractivity contribution is 5.76. The van der Waals surface area contributed by atoms with Crippen molar-refractivity contribution in [2.75, 3.05) is 0 Å². The number of aryl methyl sites for hydroxylation is 3. The third-order valence-corrected chi connectivity index (χ3v) is 6.74. The molecule has 5 rings (SSSR count). The smallest absolute Gasteiger partial charge is 0.342 e. The van der Waals surface area contributed by atoms with E-state index >= 15 is 0 Å². The van der Waals surface area contributed by atoms with E-state index in [9.17, 15) is 18.0 Å². The van der Waals surface area contributed by atoms with Gasteiger partial charge in [0.05, 0.1) is 22.3 Å². The van der Waals surface area contributed by atoms with Crippen molar-refractivity contribution in [3.05, 3.63) is 76.0 Å². The molecule has 0 atom stereocenters. The number of aromatic amines is 1. The van der Waals surface area contributed by atoms with Gasteiger partial charge in [-0.3, -0.25) is 9.13 Å². The van der Waals surface area contributed by atoms with Crippen LogP contribution >= 0.6 is 0 Å². The van der Waals surface area contributed by atoms with Gasteiger partial charge in [0.15, 0.2) is 0 Å². The minimum Gasteiger partial charge on any atom is -0.342 e. The van der Waals surface area contributed by atoms with Gasteiger partial charge in [0, 0.05) is 24.3 Å². The van der Waals surface area contributed by atoms with Crippen LogP contribution in [0.4, 0.5) is 13.2 Å². The van der Waals surface area contributed by atoms with Crippen LogP contribution < -0.4 is 5.69 Å². The second kappa shape index (κ2) is 10.1. The van der Waals surface area contributed by atoms with E-state index in [0.29, 0.717) is 17.4 Å². The quantitative estimate of drug-likeness (QED) is 0.347. The van der Waals surface area contributed by atoms with Gasteiger partial charge < -0.3 is 4.98 Å². The Hall–Kier alpha value is -3.29. The summed E-state index contributed by atoms with van der Waals surface area (Å²) in [5, 5.41) is 0. The molecule has 0 bridgehead atoms. The van der Waals surface area contributed by atoms with Crippen molar-refractivity contribution in [1.82, 2.24) is 19.1 Å². The number of para-hydroxylation sites is 2. The molecule has 0 saturated heterocycles. The van der Waals surface area contributed by atoms with Crippen LogP contribution in [0.3, 0.4) is 0 Å². The van der Waals surface area contributed by atoms with E-state index in [4.69, 9.17) is 0 Å². The van der Waals surface area contributed by atoms with Gasteiger partial charge in [-0.2, -0.15) is 13.2 Å². The predicted molar refractivity (Wildman–Crippen MR) is 132 cm³/mol. The zero-order valence-electron chi connectivity index (χ0n) is 20.3. The molecule has 2 aromatic carbocycles. The van der Waals surface area contributed by atoms with Crippen molar-refractivity contribution in [3.8, 4) is 11.4 Å². The summed E-state index contributed by atoms with van der Waals surface area (Å²) in [4.78, 5) is 19.7. The van der Waals surface area contributed by atoms with Gasteiger partial charge in [-0.25, -0.2) is 9.78 Å². The summed E-state index contributed by atoms with van der Waals surface area (Å²) in [6.45, 7) is 3.89. The van der Waals surface area contributed by atoms with Gasteiger partial charge in [0.2, 0.25) is 0 Å². The van der Waals surface area contributed by atoms with E-state index in [2.05, 4.69) is 16.0 Å². The fraction of sp³-hybridized carbons (Fsp3) is 0.407. The number of nitrogens with one attached hydrogen (secondary N) is 1. The highest BCUT2D eigenvalue weighted by atomic mass is 19.4. The van der Waals surface area contributed by atoms with Gasteiger partial charge in [-0.1, -0.05) is 50.5 Å². The van der Waals surface area contributed by atoms with Gasteiger partial charge >= 0.3 is 11.9 Å². The number of hydrogen-bond donors (Lipinski definition) is 1. The second-order valence-electron chi connectivity index (χ2n) is 9.08. The van der Waals surface area contributed by atoms with E-state index in [0.717, 1.165) is 53.8 Å². The molecule has 8 heteroatoms. The largest absolute Gasteiger partial charge is 0.416 e.